The molecule has 0 aliphatic rings. The van der Waals surface area contributed by atoms with E-state index in [1.165, 1.54) is 19.1 Å². The topological polar surface area (TPSA) is 109 Å². The molecule has 3 aromatic rings. The van der Waals surface area contributed by atoms with Crippen LogP contribution in [0.2, 0.25) is 0 Å². The van der Waals surface area contributed by atoms with Crippen molar-refractivity contribution >= 4 is 22.8 Å². The minimum Gasteiger partial charge on any atom is -0.505 e. The first-order chi connectivity index (χ1) is 12.8. The van der Waals surface area contributed by atoms with Crippen molar-refractivity contribution in [2.24, 2.45) is 0 Å². The predicted molar refractivity (Wildman–Crippen MR) is 103 cm³/mol. The first-order valence-electron chi connectivity index (χ1n) is 8.54. The molecule has 27 heavy (non-hydrogen) atoms. The van der Waals surface area contributed by atoms with Gasteiger partial charge in [0.2, 0.25) is 0 Å². The molecule has 0 aliphatic carbocycles. The van der Waals surface area contributed by atoms with Crippen molar-refractivity contribution in [3.8, 4) is 5.75 Å². The molecule has 0 unspecified atom stereocenters. The van der Waals surface area contributed by atoms with Gasteiger partial charge in [-0.1, -0.05) is 19.9 Å². The van der Waals surface area contributed by atoms with Crippen molar-refractivity contribution in [2.45, 2.75) is 33.2 Å². The fourth-order valence-electron chi connectivity index (χ4n) is 2.71. The standard InChI is InChI=1S/C20H20N2O5/c1-10(2)12-7-13(27-9-12)8-21-16-17(20(26)19(16)25)22-15-6-4-5-14(11(3)23)18(15)24/h4-7,9-10,21-22,24H,8H2,1-3H3. The monoisotopic (exact) mass is 368 g/mol. The number of phenolic OH excluding ortho intramolecular Hbond substituents is 1. The Bertz CT molecular complexity index is 1070. The maximum Gasteiger partial charge on any atom is 0.253 e. The molecule has 7 nitrogen and oxygen atoms in total. The van der Waals surface area contributed by atoms with Gasteiger partial charge in [0, 0.05) is 0 Å². The van der Waals surface area contributed by atoms with E-state index in [0.717, 1.165) is 5.56 Å². The number of nitrogens with one attached hydrogen (secondary N) is 2. The summed E-state index contributed by atoms with van der Waals surface area (Å²) < 4.78 is 5.44. The molecule has 0 amide bonds. The second-order valence-corrected chi connectivity index (χ2v) is 6.65. The van der Waals surface area contributed by atoms with E-state index < -0.39 is 10.9 Å². The molecule has 0 atom stereocenters. The maximum atomic E-state index is 11.9. The Morgan fingerprint density at radius 1 is 1.19 bits per heavy atom. The number of hydrogen-bond donors (Lipinski definition) is 3. The predicted octanol–water partition coefficient (Wildman–Crippen LogP) is 3.26. The second kappa shape index (κ2) is 7.11. The van der Waals surface area contributed by atoms with Crippen LogP contribution in [0.5, 0.6) is 5.75 Å². The zero-order valence-electron chi connectivity index (χ0n) is 15.3. The highest BCUT2D eigenvalue weighted by atomic mass is 16.3. The van der Waals surface area contributed by atoms with Gasteiger partial charge in [-0.15, -0.1) is 0 Å². The van der Waals surface area contributed by atoms with Gasteiger partial charge in [0.25, 0.3) is 10.9 Å². The Kier molecular flexibility index (Phi) is 4.85. The van der Waals surface area contributed by atoms with Crippen molar-refractivity contribution in [3.63, 3.8) is 0 Å². The van der Waals surface area contributed by atoms with E-state index in [2.05, 4.69) is 10.6 Å². The fourth-order valence-corrected chi connectivity index (χ4v) is 2.71. The van der Waals surface area contributed by atoms with E-state index in [4.69, 9.17) is 4.42 Å². The van der Waals surface area contributed by atoms with Gasteiger partial charge in [0.15, 0.2) is 5.78 Å². The normalized spacial score (nSPS) is 11.1. The molecule has 0 saturated carbocycles. The summed E-state index contributed by atoms with van der Waals surface area (Å²) in [7, 11) is 0. The lowest BCUT2D eigenvalue weighted by atomic mass is 10.1. The SMILES string of the molecule is CC(=O)c1cccc(Nc2c(NCc3cc(C(C)C)co3)c(=O)c2=O)c1O. The summed E-state index contributed by atoms with van der Waals surface area (Å²) in [5, 5.41) is 15.8. The minimum absolute atomic E-state index is 0.0478. The van der Waals surface area contributed by atoms with Crippen LogP contribution in [0.15, 0.2) is 44.5 Å². The van der Waals surface area contributed by atoms with Crippen LogP contribution in [-0.4, -0.2) is 10.9 Å². The third-order valence-corrected chi connectivity index (χ3v) is 4.37. The van der Waals surface area contributed by atoms with Crippen LogP contribution in [0.25, 0.3) is 0 Å². The van der Waals surface area contributed by atoms with Crippen LogP contribution in [-0.2, 0) is 6.54 Å². The lowest BCUT2D eigenvalue weighted by Gasteiger charge is -2.15. The smallest absolute Gasteiger partial charge is 0.253 e. The Labute approximate surface area is 155 Å². The fraction of sp³-hybridized carbons (Fsp3) is 0.250. The molecule has 0 fully saturated rings. The third kappa shape index (κ3) is 3.48. The second-order valence-electron chi connectivity index (χ2n) is 6.65. The number of carbonyl (C=O) groups excluding carboxylic acids is 1. The number of hydrogen-bond acceptors (Lipinski definition) is 7. The van der Waals surface area contributed by atoms with Gasteiger partial charge in [-0.05, 0) is 36.6 Å². The van der Waals surface area contributed by atoms with Gasteiger partial charge < -0.3 is 20.2 Å². The maximum absolute atomic E-state index is 11.9. The summed E-state index contributed by atoms with van der Waals surface area (Å²) in [6.45, 7) is 5.66. The van der Waals surface area contributed by atoms with Gasteiger partial charge in [0.05, 0.1) is 24.1 Å². The molecule has 0 saturated heterocycles. The number of aromatic hydroxyl groups is 1. The van der Waals surface area contributed by atoms with E-state index in [0.29, 0.717) is 11.7 Å². The summed E-state index contributed by atoms with van der Waals surface area (Å²) in [6.07, 6.45) is 1.66. The number of phenols is 1. The molecular formula is C20H20N2O5. The number of benzene rings is 1. The molecular weight excluding hydrogens is 348 g/mol. The summed E-state index contributed by atoms with van der Waals surface area (Å²) in [5.41, 5.74) is 0.189. The molecule has 0 spiro atoms. The molecule has 2 aromatic carbocycles. The average molecular weight is 368 g/mol. The highest BCUT2D eigenvalue weighted by Crippen LogP contribution is 2.31. The molecule has 140 valence electrons. The number of furan rings is 1. The molecule has 0 aliphatic heterocycles. The first kappa shape index (κ1) is 18.4. The van der Waals surface area contributed by atoms with Crippen LogP contribution in [0.1, 0.15) is 48.4 Å². The van der Waals surface area contributed by atoms with Gasteiger partial charge in [0.1, 0.15) is 22.9 Å². The number of Topliss-reactive ketones (excluding diaryl/α,β-unsaturated/α-hetero) is 1. The minimum atomic E-state index is -0.688. The van der Waals surface area contributed by atoms with E-state index >= 15 is 0 Å². The zero-order chi connectivity index (χ0) is 19.7. The Balaban J connectivity index is 1.80. The van der Waals surface area contributed by atoms with Crippen LogP contribution in [0.3, 0.4) is 0 Å². The van der Waals surface area contributed by atoms with Crippen LogP contribution < -0.4 is 21.5 Å². The van der Waals surface area contributed by atoms with Gasteiger partial charge in [-0.2, -0.15) is 0 Å². The average Bonchev–Trinajstić information content (AvgIpc) is 3.10. The van der Waals surface area contributed by atoms with Crippen molar-refractivity contribution < 1.29 is 14.3 Å². The van der Waals surface area contributed by atoms with Crippen molar-refractivity contribution in [2.75, 3.05) is 10.6 Å². The molecule has 0 radical (unpaired) electrons. The van der Waals surface area contributed by atoms with Crippen molar-refractivity contribution in [1.29, 1.82) is 0 Å². The molecule has 7 heteroatoms. The van der Waals surface area contributed by atoms with E-state index in [-0.39, 0.29) is 40.7 Å². The number of ketones is 1. The van der Waals surface area contributed by atoms with E-state index in [1.807, 2.05) is 19.9 Å². The highest BCUT2D eigenvalue weighted by Gasteiger charge is 2.23. The third-order valence-electron chi connectivity index (χ3n) is 4.37. The Morgan fingerprint density at radius 2 is 1.89 bits per heavy atom. The Morgan fingerprint density at radius 3 is 2.52 bits per heavy atom. The quantitative estimate of drug-likeness (QED) is 0.334. The summed E-state index contributed by atoms with van der Waals surface area (Å²) >= 11 is 0. The van der Waals surface area contributed by atoms with Gasteiger partial charge >= 0.3 is 0 Å². The summed E-state index contributed by atoms with van der Waals surface area (Å²) in [6, 6.07) is 6.46. The van der Waals surface area contributed by atoms with E-state index in [9.17, 15) is 19.5 Å². The van der Waals surface area contributed by atoms with Crippen molar-refractivity contribution in [3.05, 3.63) is 67.9 Å². The zero-order valence-corrected chi connectivity index (χ0v) is 15.3. The van der Waals surface area contributed by atoms with Crippen LogP contribution in [0, 0.1) is 0 Å². The number of rotatable bonds is 7. The summed E-state index contributed by atoms with van der Waals surface area (Å²) in [5.74, 6) is 0.386. The lowest BCUT2D eigenvalue weighted by Crippen LogP contribution is -2.36. The molecule has 3 rings (SSSR count). The van der Waals surface area contributed by atoms with Crippen LogP contribution in [0.4, 0.5) is 17.1 Å². The summed E-state index contributed by atoms with van der Waals surface area (Å²) in [4.78, 5) is 35.4. The van der Waals surface area contributed by atoms with E-state index in [1.54, 1.807) is 12.3 Å². The molecule has 0 bridgehead atoms. The molecule has 3 N–H and O–H groups in total. The first-order valence-corrected chi connectivity index (χ1v) is 8.54. The molecule has 1 heterocycles. The largest absolute Gasteiger partial charge is 0.505 e. The lowest BCUT2D eigenvalue weighted by molar-refractivity contribution is 0.101. The number of anilines is 3. The van der Waals surface area contributed by atoms with Gasteiger partial charge in [-0.25, -0.2) is 0 Å². The molecule has 1 aromatic heterocycles. The highest BCUT2D eigenvalue weighted by molar-refractivity contribution is 5.99. The van der Waals surface area contributed by atoms with Gasteiger partial charge in [-0.3, -0.25) is 14.4 Å². The van der Waals surface area contributed by atoms with Crippen molar-refractivity contribution in [1.82, 2.24) is 0 Å². The van der Waals surface area contributed by atoms with Crippen LogP contribution >= 0.6 is 0 Å². The number of para-hydroxylation sites is 1. The number of carbonyl (C=O) groups is 1. The Hall–Kier alpha value is -3.35.